The van der Waals surface area contributed by atoms with Crippen LogP contribution in [0.5, 0.6) is 6.01 Å². The quantitative estimate of drug-likeness (QED) is 0.529. The molecule has 158 valence electrons. The minimum Gasteiger partial charge on any atom is -0.463 e. The predicted octanol–water partition coefficient (Wildman–Crippen LogP) is 0.225. The number of nitrogen functional groups attached to an aromatic ring is 1. The van der Waals surface area contributed by atoms with Gasteiger partial charge < -0.3 is 30.5 Å². The molecule has 2 aromatic heterocycles. The number of ether oxygens (including phenoxy) is 2. The van der Waals surface area contributed by atoms with Crippen molar-refractivity contribution in [3.63, 3.8) is 0 Å². The van der Waals surface area contributed by atoms with Gasteiger partial charge in [-0.2, -0.15) is 9.97 Å². The average Bonchev–Trinajstić information content (AvgIpc) is 3.47. The summed E-state index contributed by atoms with van der Waals surface area (Å²) >= 11 is 0. The molecule has 5 N–H and O–H groups in total. The Morgan fingerprint density at radius 3 is 2.76 bits per heavy atom. The topological polar surface area (TPSA) is 149 Å². The molecule has 10 nitrogen and oxygen atoms in total. The summed E-state index contributed by atoms with van der Waals surface area (Å²) in [5.41, 5.74) is 6.74. The van der Waals surface area contributed by atoms with E-state index in [-0.39, 0.29) is 11.8 Å². The van der Waals surface area contributed by atoms with Crippen LogP contribution >= 0.6 is 0 Å². The van der Waals surface area contributed by atoms with Crippen LogP contribution in [0.3, 0.4) is 0 Å². The van der Waals surface area contributed by atoms with Gasteiger partial charge in [0.25, 0.3) is 0 Å². The van der Waals surface area contributed by atoms with Crippen LogP contribution < -0.4 is 10.5 Å². The summed E-state index contributed by atoms with van der Waals surface area (Å²) < 4.78 is 12.9. The van der Waals surface area contributed by atoms with Crippen molar-refractivity contribution in [1.29, 1.82) is 0 Å². The van der Waals surface area contributed by atoms with E-state index >= 15 is 0 Å². The van der Waals surface area contributed by atoms with Crippen LogP contribution in [-0.4, -0.2) is 66.4 Å². The van der Waals surface area contributed by atoms with Crippen molar-refractivity contribution in [2.45, 2.75) is 56.6 Å². The molecule has 3 heterocycles. The van der Waals surface area contributed by atoms with E-state index in [4.69, 9.17) is 15.2 Å². The molecule has 7 atom stereocenters. The lowest BCUT2D eigenvalue weighted by molar-refractivity contribution is -0.0511. The molecule has 1 saturated heterocycles. The summed E-state index contributed by atoms with van der Waals surface area (Å²) in [6.07, 6.45) is 3.52. The fraction of sp³-hybridized carbons (Fsp3) is 0.737. The molecule has 10 heteroatoms. The largest absolute Gasteiger partial charge is 0.463 e. The third kappa shape index (κ3) is 3.24. The Morgan fingerprint density at radius 2 is 2.07 bits per heavy atom. The Kier molecular flexibility index (Phi) is 4.81. The molecule has 29 heavy (non-hydrogen) atoms. The maximum absolute atomic E-state index is 10.3. The summed E-state index contributed by atoms with van der Waals surface area (Å²) in [6, 6.07) is 0.159. The SMILES string of the molecule is Nc1nc(OCCC2C[C@@H]3CC[C@H]2C3)nc2c1ncn2[C@@H]1O[C@H](CO)[C@@H](O)[C@H]1O. The van der Waals surface area contributed by atoms with Crippen molar-refractivity contribution in [2.75, 3.05) is 18.9 Å². The molecule has 2 aliphatic carbocycles. The molecule has 0 amide bonds. The van der Waals surface area contributed by atoms with Crippen LogP contribution in [-0.2, 0) is 4.74 Å². The molecule has 0 spiro atoms. The first kappa shape index (κ1) is 19.0. The lowest BCUT2D eigenvalue weighted by atomic mass is 9.87. The third-order valence-corrected chi connectivity index (χ3v) is 6.82. The molecule has 3 fully saturated rings. The van der Waals surface area contributed by atoms with Crippen LogP contribution in [0, 0.1) is 17.8 Å². The molecule has 2 bridgehead atoms. The number of fused-ring (bicyclic) bond motifs is 3. The fourth-order valence-electron chi connectivity index (χ4n) is 5.31. The summed E-state index contributed by atoms with van der Waals surface area (Å²) in [5.74, 6) is 2.64. The highest BCUT2D eigenvalue weighted by molar-refractivity contribution is 5.82. The molecule has 0 aromatic carbocycles. The summed E-state index contributed by atoms with van der Waals surface area (Å²) in [4.78, 5) is 12.8. The minimum atomic E-state index is -1.23. The van der Waals surface area contributed by atoms with Gasteiger partial charge in [0.05, 0.1) is 19.5 Å². The number of nitrogens with two attached hydrogens (primary N) is 1. The standard InChI is InChI=1S/C19H27N5O5/c20-16-13-17(24(8-21-13)18-15(27)14(26)12(7-25)29-18)23-19(22-16)28-4-3-11-6-9-1-2-10(11)5-9/h8-12,14-15,18,25-27H,1-7H2,(H2,20,22,23)/t9-,10+,11?,12-,14-,15-,18-/m1/s1. The van der Waals surface area contributed by atoms with Gasteiger partial charge in [-0.3, -0.25) is 4.57 Å². The van der Waals surface area contributed by atoms with E-state index in [0.29, 0.717) is 17.8 Å². The fourth-order valence-corrected chi connectivity index (χ4v) is 5.31. The van der Waals surface area contributed by atoms with E-state index in [0.717, 1.165) is 24.2 Å². The number of aliphatic hydroxyl groups excluding tert-OH is 3. The first-order valence-electron chi connectivity index (χ1n) is 10.3. The van der Waals surface area contributed by atoms with E-state index in [1.807, 2.05) is 0 Å². The molecule has 5 rings (SSSR count). The molecule has 2 saturated carbocycles. The van der Waals surface area contributed by atoms with Crippen molar-refractivity contribution in [2.24, 2.45) is 17.8 Å². The average molecular weight is 405 g/mol. The normalized spacial score (nSPS) is 36.3. The number of nitrogens with zero attached hydrogens (tertiary/aromatic N) is 4. The van der Waals surface area contributed by atoms with Crippen LogP contribution in [0.4, 0.5) is 5.82 Å². The van der Waals surface area contributed by atoms with E-state index < -0.39 is 31.1 Å². The molecule has 1 aliphatic heterocycles. The lowest BCUT2D eigenvalue weighted by Crippen LogP contribution is -2.33. The van der Waals surface area contributed by atoms with Crippen molar-refractivity contribution < 1.29 is 24.8 Å². The Balaban J connectivity index is 1.33. The van der Waals surface area contributed by atoms with Gasteiger partial charge in [0, 0.05) is 0 Å². The number of hydrogen-bond acceptors (Lipinski definition) is 9. The molecule has 3 aliphatic rings. The van der Waals surface area contributed by atoms with Gasteiger partial charge in [-0.05, 0) is 43.4 Å². The number of anilines is 1. The van der Waals surface area contributed by atoms with Gasteiger partial charge in [-0.15, -0.1) is 0 Å². The molecule has 1 unspecified atom stereocenters. The van der Waals surface area contributed by atoms with E-state index in [1.165, 1.54) is 36.6 Å². The van der Waals surface area contributed by atoms with Crippen molar-refractivity contribution in [1.82, 2.24) is 19.5 Å². The highest BCUT2D eigenvalue weighted by Crippen LogP contribution is 2.49. The Morgan fingerprint density at radius 1 is 1.21 bits per heavy atom. The van der Waals surface area contributed by atoms with Gasteiger partial charge in [0.15, 0.2) is 23.2 Å². The minimum absolute atomic E-state index is 0.159. The number of aliphatic hydroxyl groups is 3. The van der Waals surface area contributed by atoms with Crippen LogP contribution in [0.1, 0.15) is 38.3 Å². The van der Waals surface area contributed by atoms with Crippen molar-refractivity contribution in [3.8, 4) is 6.01 Å². The Labute approximate surface area is 167 Å². The second-order valence-electron chi connectivity index (χ2n) is 8.52. The Hall–Kier alpha value is -2.01. The zero-order valence-electron chi connectivity index (χ0n) is 16.1. The summed E-state index contributed by atoms with van der Waals surface area (Å²) in [7, 11) is 0. The maximum Gasteiger partial charge on any atom is 0.320 e. The predicted molar refractivity (Wildman–Crippen MR) is 102 cm³/mol. The monoisotopic (exact) mass is 405 g/mol. The second kappa shape index (κ2) is 7.35. The van der Waals surface area contributed by atoms with Gasteiger partial charge in [0.1, 0.15) is 18.3 Å². The van der Waals surface area contributed by atoms with Crippen molar-refractivity contribution in [3.05, 3.63) is 6.33 Å². The molecular weight excluding hydrogens is 378 g/mol. The summed E-state index contributed by atoms with van der Waals surface area (Å²) in [5, 5.41) is 29.6. The van der Waals surface area contributed by atoms with E-state index in [1.54, 1.807) is 0 Å². The highest BCUT2D eigenvalue weighted by Gasteiger charge is 2.44. The van der Waals surface area contributed by atoms with Gasteiger partial charge in [0.2, 0.25) is 0 Å². The smallest absolute Gasteiger partial charge is 0.320 e. The number of rotatable bonds is 6. The van der Waals surface area contributed by atoms with Crippen LogP contribution in [0.25, 0.3) is 11.2 Å². The van der Waals surface area contributed by atoms with E-state index in [2.05, 4.69) is 15.0 Å². The Bertz CT molecular complexity index is 891. The first-order valence-corrected chi connectivity index (χ1v) is 10.3. The zero-order valence-corrected chi connectivity index (χ0v) is 16.1. The number of imidazole rings is 1. The third-order valence-electron chi connectivity index (χ3n) is 6.82. The summed E-state index contributed by atoms with van der Waals surface area (Å²) in [6.45, 7) is 0.122. The first-order chi connectivity index (χ1) is 14.0. The zero-order chi connectivity index (χ0) is 20.1. The number of aromatic nitrogens is 4. The lowest BCUT2D eigenvalue weighted by Gasteiger charge is -2.21. The van der Waals surface area contributed by atoms with Gasteiger partial charge in [-0.25, -0.2) is 4.98 Å². The van der Waals surface area contributed by atoms with E-state index in [9.17, 15) is 15.3 Å². The second-order valence-corrected chi connectivity index (χ2v) is 8.52. The molecule has 0 radical (unpaired) electrons. The van der Waals surface area contributed by atoms with Crippen LogP contribution in [0.15, 0.2) is 6.33 Å². The van der Waals surface area contributed by atoms with Crippen LogP contribution in [0.2, 0.25) is 0 Å². The van der Waals surface area contributed by atoms with Crippen molar-refractivity contribution >= 4 is 17.0 Å². The van der Waals surface area contributed by atoms with Gasteiger partial charge in [-0.1, -0.05) is 6.42 Å². The highest BCUT2D eigenvalue weighted by atomic mass is 16.6. The maximum atomic E-state index is 10.3. The molecule has 2 aromatic rings. The molecular formula is C19H27N5O5. The van der Waals surface area contributed by atoms with Gasteiger partial charge >= 0.3 is 6.01 Å². The number of hydrogen-bond donors (Lipinski definition) is 4.